The van der Waals surface area contributed by atoms with Crippen LogP contribution in [0.2, 0.25) is 0 Å². The van der Waals surface area contributed by atoms with Gasteiger partial charge in [0.2, 0.25) is 5.13 Å². The largest absolute Gasteiger partial charge is 0.489 e. The molecule has 4 aromatic rings. The Morgan fingerprint density at radius 3 is 2.58 bits per heavy atom. The summed E-state index contributed by atoms with van der Waals surface area (Å²) < 4.78 is 6.90. The van der Waals surface area contributed by atoms with E-state index in [4.69, 9.17) is 4.74 Å². The molecule has 0 spiro atoms. The maximum atomic E-state index is 5.94. The van der Waals surface area contributed by atoms with Crippen molar-refractivity contribution in [3.05, 3.63) is 106 Å². The van der Waals surface area contributed by atoms with Crippen LogP contribution in [0.4, 0.5) is 5.13 Å². The van der Waals surface area contributed by atoms with Crippen LogP contribution in [-0.2, 0) is 0 Å². The average Bonchev–Trinajstić information content (AvgIpc) is 3.28. The highest BCUT2D eigenvalue weighted by molar-refractivity contribution is 9.10. The van der Waals surface area contributed by atoms with Crippen molar-refractivity contribution in [1.29, 1.82) is 0 Å². The zero-order valence-electron chi connectivity index (χ0n) is 16.6. The molecule has 0 atom stereocenters. The van der Waals surface area contributed by atoms with Gasteiger partial charge in [0, 0.05) is 21.0 Å². The molecule has 0 amide bonds. The third-order valence-corrected chi connectivity index (χ3v) is 5.59. The lowest BCUT2D eigenvalue weighted by Gasteiger charge is -2.07. The number of hydrogen-bond donors (Lipinski definition) is 1. The first kappa shape index (κ1) is 21.0. The van der Waals surface area contributed by atoms with Gasteiger partial charge >= 0.3 is 0 Å². The van der Waals surface area contributed by atoms with Crippen molar-refractivity contribution in [3.8, 4) is 17.0 Å². The lowest BCUT2D eigenvalue weighted by molar-refractivity contribution is 0.363. The molecule has 31 heavy (non-hydrogen) atoms. The van der Waals surface area contributed by atoms with Gasteiger partial charge in [0.1, 0.15) is 12.4 Å². The van der Waals surface area contributed by atoms with Crippen molar-refractivity contribution in [2.45, 2.75) is 0 Å². The van der Waals surface area contributed by atoms with Gasteiger partial charge in [-0.3, -0.25) is 5.43 Å². The molecule has 0 aliphatic heterocycles. The molecule has 6 heteroatoms. The number of thiazole rings is 1. The van der Waals surface area contributed by atoms with Gasteiger partial charge in [-0.1, -0.05) is 82.7 Å². The summed E-state index contributed by atoms with van der Waals surface area (Å²) in [7, 11) is 0. The number of nitrogens with zero attached hydrogens (tertiary/aromatic N) is 2. The Labute approximate surface area is 194 Å². The van der Waals surface area contributed by atoms with E-state index in [1.807, 2.05) is 84.3 Å². The lowest BCUT2D eigenvalue weighted by Crippen LogP contribution is -1.98. The van der Waals surface area contributed by atoms with Crippen molar-refractivity contribution in [2.75, 3.05) is 12.0 Å². The Kier molecular flexibility index (Phi) is 7.26. The van der Waals surface area contributed by atoms with Crippen molar-refractivity contribution < 1.29 is 4.74 Å². The van der Waals surface area contributed by atoms with E-state index in [-0.39, 0.29) is 0 Å². The van der Waals surface area contributed by atoms with Crippen molar-refractivity contribution in [3.63, 3.8) is 0 Å². The van der Waals surface area contributed by atoms with Crippen LogP contribution in [0.25, 0.3) is 17.3 Å². The van der Waals surface area contributed by atoms with Crippen LogP contribution in [0.3, 0.4) is 0 Å². The third kappa shape index (κ3) is 6.13. The second-order valence-corrected chi connectivity index (χ2v) is 8.35. The van der Waals surface area contributed by atoms with E-state index in [0.717, 1.165) is 37.7 Å². The zero-order valence-corrected chi connectivity index (χ0v) is 19.0. The van der Waals surface area contributed by atoms with Crippen molar-refractivity contribution in [2.24, 2.45) is 5.10 Å². The van der Waals surface area contributed by atoms with Crippen LogP contribution in [0.1, 0.15) is 11.1 Å². The predicted octanol–water partition coefficient (Wildman–Crippen LogP) is 7.11. The van der Waals surface area contributed by atoms with Crippen LogP contribution in [0.5, 0.6) is 5.75 Å². The van der Waals surface area contributed by atoms with E-state index in [1.54, 1.807) is 6.21 Å². The van der Waals surface area contributed by atoms with Crippen LogP contribution in [-0.4, -0.2) is 17.8 Å². The van der Waals surface area contributed by atoms with Crippen molar-refractivity contribution >= 4 is 44.7 Å². The Bertz CT molecular complexity index is 1170. The topological polar surface area (TPSA) is 46.5 Å². The minimum absolute atomic E-state index is 0.470. The van der Waals surface area contributed by atoms with Crippen LogP contribution < -0.4 is 10.2 Å². The molecule has 154 valence electrons. The molecule has 0 aliphatic rings. The molecule has 0 unspecified atom stereocenters. The second-order valence-electron chi connectivity index (χ2n) is 6.58. The molecular weight excluding hydrogens is 470 g/mol. The number of anilines is 1. The van der Waals surface area contributed by atoms with Crippen LogP contribution in [0.15, 0.2) is 99.9 Å². The molecule has 1 heterocycles. The number of nitrogens with one attached hydrogen (secondary N) is 1. The third-order valence-electron chi connectivity index (χ3n) is 4.35. The van der Waals surface area contributed by atoms with Gasteiger partial charge in [0.25, 0.3) is 0 Å². The highest BCUT2D eigenvalue weighted by Crippen LogP contribution is 2.25. The number of halogens is 1. The van der Waals surface area contributed by atoms with E-state index in [2.05, 4.69) is 43.6 Å². The number of rotatable bonds is 8. The quantitative estimate of drug-likeness (QED) is 0.212. The molecule has 0 bridgehead atoms. The summed E-state index contributed by atoms with van der Waals surface area (Å²) in [4.78, 5) is 4.59. The molecule has 3 aromatic carbocycles. The summed E-state index contributed by atoms with van der Waals surface area (Å²) >= 11 is 5.03. The van der Waals surface area contributed by atoms with E-state index in [9.17, 15) is 0 Å². The number of benzene rings is 3. The summed E-state index contributed by atoms with van der Waals surface area (Å²) in [5, 5.41) is 7.10. The zero-order chi connectivity index (χ0) is 21.3. The summed E-state index contributed by atoms with van der Waals surface area (Å²) in [6, 6.07) is 26.1. The standard InChI is InChI=1S/C25H20BrN3OS/c26-22-13-14-24(30-15-7-10-19-8-3-1-4-9-19)21(16-22)17-27-29-25-28-23(18-31-25)20-11-5-2-6-12-20/h1-14,16-18H,15H2,(H,28,29). The number of aromatic nitrogens is 1. The minimum Gasteiger partial charge on any atom is -0.489 e. The fourth-order valence-electron chi connectivity index (χ4n) is 2.86. The SMILES string of the molecule is Brc1ccc(OCC=Cc2ccccc2)c(C=NNc2nc(-c3ccccc3)cs2)c1. The van der Waals surface area contributed by atoms with Gasteiger partial charge in [-0.05, 0) is 29.8 Å². The maximum absolute atomic E-state index is 5.94. The van der Waals surface area contributed by atoms with Gasteiger partial charge in [-0.2, -0.15) is 5.10 Å². The molecule has 0 fully saturated rings. The van der Waals surface area contributed by atoms with Gasteiger partial charge in [0.05, 0.1) is 11.9 Å². The molecule has 1 aromatic heterocycles. The van der Waals surface area contributed by atoms with Gasteiger partial charge < -0.3 is 4.74 Å². The first-order valence-electron chi connectivity index (χ1n) is 9.72. The molecule has 0 aliphatic carbocycles. The summed E-state index contributed by atoms with van der Waals surface area (Å²) in [6.45, 7) is 0.470. The highest BCUT2D eigenvalue weighted by Gasteiger charge is 2.04. The molecule has 4 nitrogen and oxygen atoms in total. The number of hydrazone groups is 1. The highest BCUT2D eigenvalue weighted by atomic mass is 79.9. The van der Waals surface area contributed by atoms with Gasteiger partial charge in [-0.15, -0.1) is 11.3 Å². The smallest absolute Gasteiger partial charge is 0.203 e. The lowest BCUT2D eigenvalue weighted by atomic mass is 10.2. The average molecular weight is 490 g/mol. The summed E-state index contributed by atoms with van der Waals surface area (Å²) in [5.74, 6) is 0.760. The second kappa shape index (κ2) is 10.7. The molecular formula is C25H20BrN3OS. The molecule has 0 saturated heterocycles. The minimum atomic E-state index is 0.470. The Morgan fingerprint density at radius 2 is 1.77 bits per heavy atom. The maximum Gasteiger partial charge on any atom is 0.203 e. The van der Waals surface area contributed by atoms with E-state index >= 15 is 0 Å². The monoisotopic (exact) mass is 489 g/mol. The predicted molar refractivity (Wildman–Crippen MR) is 134 cm³/mol. The normalized spacial score (nSPS) is 11.3. The number of ether oxygens (including phenoxy) is 1. The molecule has 0 saturated carbocycles. The summed E-state index contributed by atoms with van der Waals surface area (Å²) in [6.07, 6.45) is 5.78. The molecule has 4 rings (SSSR count). The number of hydrogen-bond acceptors (Lipinski definition) is 5. The molecule has 1 N–H and O–H groups in total. The Hall–Kier alpha value is -3.22. The van der Waals surface area contributed by atoms with Crippen LogP contribution in [0, 0.1) is 0 Å². The van der Waals surface area contributed by atoms with E-state index in [0.29, 0.717) is 6.61 Å². The fraction of sp³-hybridized carbons (Fsp3) is 0.0400. The van der Waals surface area contributed by atoms with Crippen molar-refractivity contribution in [1.82, 2.24) is 4.98 Å². The van der Waals surface area contributed by atoms with E-state index in [1.165, 1.54) is 11.3 Å². The summed E-state index contributed by atoms with van der Waals surface area (Å²) in [5.41, 5.74) is 7.04. The van der Waals surface area contributed by atoms with Crippen LogP contribution >= 0.6 is 27.3 Å². The van der Waals surface area contributed by atoms with E-state index < -0.39 is 0 Å². The fourth-order valence-corrected chi connectivity index (χ4v) is 3.91. The first-order chi connectivity index (χ1) is 15.3. The molecule has 0 radical (unpaired) electrons. The Morgan fingerprint density at radius 1 is 1.00 bits per heavy atom. The Balaban J connectivity index is 1.39. The first-order valence-corrected chi connectivity index (χ1v) is 11.4. The van der Waals surface area contributed by atoms with Gasteiger partial charge in [-0.25, -0.2) is 4.98 Å². The van der Waals surface area contributed by atoms with Gasteiger partial charge in [0.15, 0.2) is 0 Å².